The van der Waals surface area contributed by atoms with Crippen LogP contribution in [0, 0.1) is 60.3 Å². The van der Waals surface area contributed by atoms with Crippen LogP contribution in [0.1, 0.15) is 105 Å². The number of sulfone groups is 2. The highest BCUT2D eigenvalue weighted by Crippen LogP contribution is 2.43. The van der Waals surface area contributed by atoms with E-state index in [4.69, 9.17) is 8.83 Å². The third-order valence-electron chi connectivity index (χ3n) is 14.6. The second-order valence-electron chi connectivity index (χ2n) is 20.3. The number of rotatable bonds is 12. The second kappa shape index (κ2) is 21.0. The molecule has 2 aliphatic rings. The first-order chi connectivity index (χ1) is 35.7. The Bertz CT molecular complexity index is 3980. The van der Waals surface area contributed by atoms with Gasteiger partial charge in [-0.2, -0.15) is 0 Å². The summed E-state index contributed by atoms with van der Waals surface area (Å²) in [5, 5.41) is 0.529. The van der Waals surface area contributed by atoms with Crippen LogP contribution in [-0.2, 0) is 44.0 Å². The number of hydrogen-bond acceptors (Lipinski definition) is 10. The third-order valence-corrected chi connectivity index (χ3v) is 17.6. The summed E-state index contributed by atoms with van der Waals surface area (Å²) in [5.41, 5.74) is 7.41. The highest BCUT2D eigenvalue weighted by atomic mass is 127. The molecule has 0 amide bonds. The van der Waals surface area contributed by atoms with E-state index in [1.54, 1.807) is 71.5 Å². The zero-order valence-electron chi connectivity index (χ0n) is 43.0. The van der Waals surface area contributed by atoms with Crippen molar-refractivity contribution in [1.82, 2.24) is 9.13 Å². The van der Waals surface area contributed by atoms with Gasteiger partial charge in [0.1, 0.15) is 11.6 Å². The van der Waals surface area contributed by atoms with E-state index >= 15 is 0 Å². The predicted molar refractivity (Wildman–Crippen MR) is 310 cm³/mol. The first-order valence-corrected chi connectivity index (χ1v) is 30.9. The molecular weight excluding hydrogens is 1240 g/mol. The summed E-state index contributed by atoms with van der Waals surface area (Å²) in [6.45, 7) is 10.5. The fourth-order valence-corrected chi connectivity index (χ4v) is 13.0. The Labute approximate surface area is 465 Å². The summed E-state index contributed by atoms with van der Waals surface area (Å²) in [4.78, 5) is 54.2. The molecule has 10 rings (SSSR count). The van der Waals surface area contributed by atoms with Gasteiger partial charge in [-0.05, 0) is 192 Å². The Kier molecular flexibility index (Phi) is 15.2. The zero-order chi connectivity index (χ0) is 55.0. The van der Waals surface area contributed by atoms with Crippen molar-refractivity contribution < 1.29 is 34.5 Å². The van der Waals surface area contributed by atoms with Crippen LogP contribution < -0.4 is 22.4 Å². The van der Waals surface area contributed by atoms with E-state index in [1.807, 2.05) is 85.0 Å². The lowest BCUT2D eigenvalue weighted by Crippen LogP contribution is -2.26. The van der Waals surface area contributed by atoms with Crippen molar-refractivity contribution in [3.05, 3.63) is 200 Å². The molecule has 76 heavy (non-hydrogen) atoms. The molecule has 0 N–H and O–H groups in total. The van der Waals surface area contributed by atoms with E-state index in [-0.39, 0.29) is 80.6 Å². The fourth-order valence-electron chi connectivity index (χ4n) is 10.4. The van der Waals surface area contributed by atoms with Crippen molar-refractivity contribution in [2.45, 2.75) is 104 Å². The maximum atomic E-state index is 14.9. The molecule has 8 aromatic rings. The molecule has 4 heterocycles. The quantitative estimate of drug-likeness (QED) is 0.107. The van der Waals surface area contributed by atoms with Gasteiger partial charge in [-0.1, -0.05) is 48.5 Å². The number of pyridine rings is 2. The Morgan fingerprint density at radius 1 is 0.526 bits per heavy atom. The van der Waals surface area contributed by atoms with Crippen molar-refractivity contribution in [2.75, 3.05) is 12.5 Å². The minimum absolute atomic E-state index is 0.0280. The molecule has 0 bridgehead atoms. The van der Waals surface area contributed by atoms with E-state index in [2.05, 4.69) is 0 Å². The molecule has 2 fully saturated rings. The van der Waals surface area contributed by atoms with Gasteiger partial charge in [0.2, 0.25) is 0 Å². The number of benzene rings is 4. The number of halogens is 4. The summed E-state index contributed by atoms with van der Waals surface area (Å²) >= 11 is 4.07. The molecule has 0 radical (unpaired) electrons. The van der Waals surface area contributed by atoms with Crippen molar-refractivity contribution in [2.24, 2.45) is 0 Å². The van der Waals surface area contributed by atoms with Crippen LogP contribution in [-0.4, -0.2) is 38.5 Å². The van der Waals surface area contributed by atoms with Crippen LogP contribution in [0.15, 0.2) is 101 Å². The minimum atomic E-state index is -3.30. The van der Waals surface area contributed by atoms with Crippen LogP contribution in [0.4, 0.5) is 8.78 Å². The van der Waals surface area contributed by atoms with Gasteiger partial charge in [-0.3, -0.25) is 9.59 Å². The summed E-state index contributed by atoms with van der Waals surface area (Å²) in [7, 11) is -6.59. The molecule has 18 heteroatoms. The van der Waals surface area contributed by atoms with Gasteiger partial charge in [0.05, 0.1) is 22.3 Å². The van der Waals surface area contributed by atoms with E-state index in [0.717, 1.165) is 44.0 Å². The van der Waals surface area contributed by atoms with Gasteiger partial charge in [0, 0.05) is 78.2 Å². The van der Waals surface area contributed by atoms with Gasteiger partial charge < -0.3 is 18.0 Å². The van der Waals surface area contributed by atoms with E-state index in [9.17, 15) is 44.8 Å². The Hall–Kier alpha value is -5.58. The Morgan fingerprint density at radius 2 is 0.882 bits per heavy atom. The average Bonchev–Trinajstić information content (AvgIpc) is 4.32. The van der Waals surface area contributed by atoms with Crippen molar-refractivity contribution in [3.63, 3.8) is 0 Å². The van der Waals surface area contributed by atoms with Gasteiger partial charge in [-0.15, -0.1) is 0 Å². The first-order valence-electron chi connectivity index (χ1n) is 24.6. The maximum Gasteiger partial charge on any atom is 0.339 e. The number of fused-ring (bicyclic) bond motifs is 2. The SMILES string of the molecule is Cc1c(CS(C)(=O)=O)cccc1-c1c(C)n(C2CC2)c(=O)c2c(Cc3ccc(I)cc3F)c(C)c(=O)oc12.Cc1c(CS(C)(=O)=O)cccc1-c1c(C)n(C2CC2)c(=O)c2c(Cc3ccc(I)cc3F)c(C)c(=O)oc12. The lowest BCUT2D eigenvalue weighted by atomic mass is 9.91. The van der Waals surface area contributed by atoms with E-state index in [1.165, 1.54) is 24.6 Å². The van der Waals surface area contributed by atoms with Gasteiger partial charge in [-0.25, -0.2) is 35.2 Å². The molecule has 0 atom stereocenters. The highest BCUT2D eigenvalue weighted by molar-refractivity contribution is 14.1. The van der Waals surface area contributed by atoms with Crippen LogP contribution in [0.5, 0.6) is 0 Å². The summed E-state index contributed by atoms with van der Waals surface area (Å²) in [5.74, 6) is -1.08. The van der Waals surface area contributed by atoms with E-state index in [0.29, 0.717) is 67.0 Å². The number of hydrogen-bond donors (Lipinski definition) is 0. The summed E-state index contributed by atoms with van der Waals surface area (Å²) in [6, 6.07) is 20.6. The van der Waals surface area contributed by atoms with Crippen molar-refractivity contribution >= 4 is 86.8 Å². The predicted octanol–water partition coefficient (Wildman–Crippen LogP) is 11.5. The monoisotopic (exact) mass is 1290 g/mol. The lowest BCUT2D eigenvalue weighted by Gasteiger charge is -2.20. The molecule has 2 saturated carbocycles. The molecule has 0 unspecified atom stereocenters. The van der Waals surface area contributed by atoms with Crippen LogP contribution in [0.2, 0.25) is 0 Å². The summed E-state index contributed by atoms with van der Waals surface area (Å²) in [6.07, 6.45) is 5.92. The standard InChI is InChI=1S/2C29H27FINO5S/c2*1-15-19(14-38(4,35)36)6-5-7-22(15)25-17(3)32(21-10-11-21)28(33)26-23(16(2)29(34)37-27(25)26)12-18-8-9-20(31)13-24(18)30/h2*5-9,13,21H,10-12,14H2,1-4H3. The fraction of sp³-hybridized carbons (Fsp3) is 0.310. The number of aromatic nitrogens is 2. The zero-order valence-corrected chi connectivity index (χ0v) is 49.0. The highest BCUT2D eigenvalue weighted by Gasteiger charge is 2.34. The maximum absolute atomic E-state index is 14.9. The normalized spacial score (nSPS) is 13.8. The average molecular weight is 1300 g/mol. The smallest absolute Gasteiger partial charge is 0.339 e. The molecule has 4 aromatic carbocycles. The Morgan fingerprint density at radius 3 is 1.20 bits per heavy atom. The van der Waals surface area contributed by atoms with Gasteiger partial charge in [0.25, 0.3) is 11.1 Å². The topological polar surface area (TPSA) is 173 Å². The number of nitrogens with zero attached hydrogens (tertiary/aromatic N) is 2. The Balaban J connectivity index is 0.000000186. The molecule has 2 aliphatic carbocycles. The van der Waals surface area contributed by atoms with Crippen molar-refractivity contribution in [3.8, 4) is 22.3 Å². The van der Waals surface area contributed by atoms with Crippen LogP contribution in [0.3, 0.4) is 0 Å². The van der Waals surface area contributed by atoms with E-state index < -0.39 is 42.6 Å². The molecule has 4 aromatic heterocycles. The van der Waals surface area contributed by atoms with Gasteiger partial charge in [0.15, 0.2) is 30.8 Å². The molecule has 0 saturated heterocycles. The largest absolute Gasteiger partial charge is 0.422 e. The van der Waals surface area contributed by atoms with Crippen LogP contribution in [0.25, 0.3) is 44.2 Å². The van der Waals surface area contributed by atoms with Crippen LogP contribution >= 0.6 is 45.2 Å². The first kappa shape index (κ1) is 55.2. The molecular formula is C58H54F2I2N2O10S2. The van der Waals surface area contributed by atoms with Crippen molar-refractivity contribution in [1.29, 1.82) is 0 Å². The molecule has 0 spiro atoms. The second-order valence-corrected chi connectivity index (χ2v) is 27.0. The van der Waals surface area contributed by atoms with Gasteiger partial charge >= 0.3 is 11.3 Å². The molecule has 396 valence electrons. The third kappa shape index (κ3) is 11.0. The lowest BCUT2D eigenvalue weighted by molar-refractivity contribution is 0.549. The summed E-state index contributed by atoms with van der Waals surface area (Å²) < 4.78 is 94.8. The molecule has 0 aliphatic heterocycles. The minimum Gasteiger partial charge on any atom is -0.422 e. The molecule has 12 nitrogen and oxygen atoms in total.